The quantitative estimate of drug-likeness (QED) is 0.898. The number of nitrogens with zero attached hydrogens (tertiary/aromatic N) is 3. The van der Waals surface area contributed by atoms with Crippen LogP contribution in [-0.4, -0.2) is 39.0 Å². The first-order valence-electron chi connectivity index (χ1n) is 8.12. The summed E-state index contributed by atoms with van der Waals surface area (Å²) in [6.07, 6.45) is 3.60. The molecule has 2 aromatic heterocycles. The Kier molecular flexibility index (Phi) is 4.80. The molecule has 2 aromatic rings. The Balaban J connectivity index is 1.72. The molecule has 1 saturated heterocycles. The third-order valence-electron chi connectivity index (χ3n) is 4.36. The van der Waals surface area contributed by atoms with Crippen molar-refractivity contribution in [2.45, 2.75) is 33.2 Å². The molecule has 0 spiro atoms. The molecule has 1 aliphatic rings. The van der Waals surface area contributed by atoms with E-state index < -0.39 is 0 Å². The number of anilines is 1. The fraction of sp³-hybridized carbons (Fsp3) is 0.471. The van der Waals surface area contributed by atoms with Crippen molar-refractivity contribution in [1.82, 2.24) is 14.8 Å². The molecule has 0 saturated carbocycles. The number of pyridine rings is 1. The molecule has 0 radical (unpaired) electrons. The second-order valence-electron chi connectivity index (χ2n) is 6.16. The minimum atomic E-state index is -0.320. The summed E-state index contributed by atoms with van der Waals surface area (Å²) in [6.45, 7) is 6.04. The number of carbonyl (C=O) groups is 1. The van der Waals surface area contributed by atoms with Crippen LogP contribution in [0, 0.1) is 19.8 Å². The van der Waals surface area contributed by atoms with Crippen molar-refractivity contribution in [3.05, 3.63) is 35.3 Å². The number of rotatable bonds is 4. The molecule has 7 heteroatoms. The van der Waals surface area contributed by atoms with Gasteiger partial charge in [-0.15, -0.1) is 0 Å². The normalized spacial score (nSPS) is 15.4. The van der Waals surface area contributed by atoms with Gasteiger partial charge in [-0.3, -0.25) is 9.48 Å². The second-order valence-corrected chi connectivity index (χ2v) is 6.16. The van der Waals surface area contributed by atoms with Gasteiger partial charge in [-0.1, -0.05) is 0 Å². The maximum atomic E-state index is 12.5. The smallest absolute Gasteiger partial charge is 0.260 e. The fourth-order valence-corrected chi connectivity index (χ4v) is 2.84. The van der Waals surface area contributed by atoms with Crippen LogP contribution in [0.1, 0.15) is 34.6 Å². The zero-order chi connectivity index (χ0) is 17.1. The zero-order valence-electron chi connectivity index (χ0n) is 14.0. The Morgan fingerprint density at radius 1 is 1.38 bits per heavy atom. The van der Waals surface area contributed by atoms with Crippen LogP contribution in [0.2, 0.25) is 0 Å². The first kappa shape index (κ1) is 16.4. The molecule has 1 amide bonds. The Bertz CT molecular complexity index is 735. The highest BCUT2D eigenvalue weighted by molar-refractivity contribution is 6.05. The predicted molar refractivity (Wildman–Crippen MR) is 89.1 cm³/mol. The molecule has 1 fully saturated rings. The maximum absolute atomic E-state index is 12.5. The fourth-order valence-electron chi connectivity index (χ4n) is 2.84. The minimum absolute atomic E-state index is 0.0544. The molecule has 3 rings (SSSR count). The first-order valence-corrected chi connectivity index (χ1v) is 8.12. The third-order valence-corrected chi connectivity index (χ3v) is 4.36. The SMILES string of the molecule is Cc1ccc(O)c(NC(=O)c2cnn(CC3CCOCC3)c2C)n1. The van der Waals surface area contributed by atoms with Crippen LogP contribution >= 0.6 is 0 Å². The van der Waals surface area contributed by atoms with Gasteiger partial charge in [0, 0.05) is 31.1 Å². The van der Waals surface area contributed by atoms with Gasteiger partial charge in [0.1, 0.15) is 0 Å². The van der Waals surface area contributed by atoms with Crippen molar-refractivity contribution in [2.75, 3.05) is 18.5 Å². The molecule has 0 bridgehead atoms. The summed E-state index contributed by atoms with van der Waals surface area (Å²) < 4.78 is 7.24. The monoisotopic (exact) mass is 330 g/mol. The van der Waals surface area contributed by atoms with Crippen molar-refractivity contribution in [3.8, 4) is 5.75 Å². The summed E-state index contributed by atoms with van der Waals surface area (Å²) >= 11 is 0. The van der Waals surface area contributed by atoms with Gasteiger partial charge in [0.15, 0.2) is 11.6 Å². The molecule has 0 aliphatic carbocycles. The molecular weight excluding hydrogens is 308 g/mol. The lowest BCUT2D eigenvalue weighted by atomic mass is 10.0. The number of hydrogen-bond acceptors (Lipinski definition) is 5. The predicted octanol–water partition coefficient (Wildman–Crippen LogP) is 2.28. The Morgan fingerprint density at radius 3 is 2.88 bits per heavy atom. The molecule has 2 N–H and O–H groups in total. The van der Waals surface area contributed by atoms with E-state index in [1.165, 1.54) is 6.07 Å². The van der Waals surface area contributed by atoms with Gasteiger partial charge in [-0.2, -0.15) is 5.10 Å². The Labute approximate surface area is 140 Å². The van der Waals surface area contributed by atoms with Crippen LogP contribution in [0.4, 0.5) is 5.82 Å². The van der Waals surface area contributed by atoms with Crippen LogP contribution in [-0.2, 0) is 11.3 Å². The van der Waals surface area contributed by atoms with E-state index in [9.17, 15) is 9.90 Å². The lowest BCUT2D eigenvalue weighted by Gasteiger charge is -2.22. The highest BCUT2D eigenvalue weighted by Gasteiger charge is 2.20. The van der Waals surface area contributed by atoms with E-state index in [-0.39, 0.29) is 17.5 Å². The average Bonchev–Trinajstić information content (AvgIpc) is 2.93. The number of ether oxygens (including phenoxy) is 1. The molecule has 7 nitrogen and oxygen atoms in total. The van der Waals surface area contributed by atoms with Crippen molar-refractivity contribution in [1.29, 1.82) is 0 Å². The van der Waals surface area contributed by atoms with Crippen molar-refractivity contribution < 1.29 is 14.6 Å². The number of amides is 1. The largest absolute Gasteiger partial charge is 0.504 e. The molecule has 128 valence electrons. The first-order chi connectivity index (χ1) is 11.5. The van der Waals surface area contributed by atoms with Crippen molar-refractivity contribution in [2.24, 2.45) is 5.92 Å². The summed E-state index contributed by atoms with van der Waals surface area (Å²) in [5.74, 6) is 0.313. The maximum Gasteiger partial charge on any atom is 0.260 e. The standard InChI is InChI=1S/C17H22N4O3/c1-11-3-4-15(22)16(19-11)20-17(23)14-9-18-21(12(14)2)10-13-5-7-24-8-6-13/h3-4,9,13,22H,5-8,10H2,1-2H3,(H,19,20,23). The molecule has 0 atom stereocenters. The zero-order valence-corrected chi connectivity index (χ0v) is 14.0. The molecule has 0 unspecified atom stereocenters. The van der Waals surface area contributed by atoms with Gasteiger partial charge in [0.25, 0.3) is 5.91 Å². The van der Waals surface area contributed by atoms with Crippen LogP contribution in [0.15, 0.2) is 18.3 Å². The molecule has 24 heavy (non-hydrogen) atoms. The highest BCUT2D eigenvalue weighted by atomic mass is 16.5. The number of aromatic nitrogens is 3. The van der Waals surface area contributed by atoms with Gasteiger partial charge < -0.3 is 15.2 Å². The second kappa shape index (κ2) is 7.00. The summed E-state index contributed by atoms with van der Waals surface area (Å²) in [6, 6.07) is 3.20. The van der Waals surface area contributed by atoms with Gasteiger partial charge in [0.05, 0.1) is 11.8 Å². The number of aromatic hydroxyl groups is 1. The van der Waals surface area contributed by atoms with E-state index in [0.717, 1.165) is 44.0 Å². The lowest BCUT2D eigenvalue weighted by Crippen LogP contribution is -2.22. The minimum Gasteiger partial charge on any atom is -0.504 e. The van der Waals surface area contributed by atoms with E-state index in [1.807, 2.05) is 11.6 Å². The van der Waals surface area contributed by atoms with Crippen LogP contribution < -0.4 is 5.32 Å². The lowest BCUT2D eigenvalue weighted by molar-refractivity contribution is 0.0599. The van der Waals surface area contributed by atoms with Crippen LogP contribution in [0.25, 0.3) is 0 Å². The summed E-state index contributed by atoms with van der Waals surface area (Å²) in [7, 11) is 0. The number of aryl methyl sites for hydroxylation is 1. The van der Waals surface area contributed by atoms with Crippen molar-refractivity contribution in [3.63, 3.8) is 0 Å². The van der Waals surface area contributed by atoms with Gasteiger partial charge >= 0.3 is 0 Å². The number of nitrogens with one attached hydrogen (secondary N) is 1. The van der Waals surface area contributed by atoms with Crippen LogP contribution in [0.5, 0.6) is 5.75 Å². The van der Waals surface area contributed by atoms with E-state index >= 15 is 0 Å². The van der Waals surface area contributed by atoms with Gasteiger partial charge in [-0.05, 0) is 44.7 Å². The Hall–Kier alpha value is -2.41. The average molecular weight is 330 g/mol. The summed E-state index contributed by atoms with van der Waals surface area (Å²) in [4.78, 5) is 16.6. The summed E-state index contributed by atoms with van der Waals surface area (Å²) in [5.41, 5.74) is 2.02. The van der Waals surface area contributed by atoms with E-state index in [4.69, 9.17) is 4.74 Å². The van der Waals surface area contributed by atoms with E-state index in [1.54, 1.807) is 19.2 Å². The number of carbonyl (C=O) groups excluding carboxylic acids is 1. The Morgan fingerprint density at radius 2 is 2.12 bits per heavy atom. The third kappa shape index (κ3) is 3.56. The summed E-state index contributed by atoms with van der Waals surface area (Å²) in [5, 5.41) is 16.8. The number of hydrogen-bond donors (Lipinski definition) is 2. The molecule has 3 heterocycles. The van der Waals surface area contributed by atoms with E-state index in [2.05, 4.69) is 15.4 Å². The van der Waals surface area contributed by atoms with Crippen molar-refractivity contribution >= 4 is 11.7 Å². The van der Waals surface area contributed by atoms with Gasteiger partial charge in [0.2, 0.25) is 0 Å². The highest BCUT2D eigenvalue weighted by Crippen LogP contribution is 2.22. The van der Waals surface area contributed by atoms with Crippen LogP contribution in [0.3, 0.4) is 0 Å². The van der Waals surface area contributed by atoms with E-state index in [0.29, 0.717) is 11.5 Å². The topological polar surface area (TPSA) is 89.3 Å². The molecule has 0 aromatic carbocycles. The molecular formula is C17H22N4O3. The molecule has 1 aliphatic heterocycles. The van der Waals surface area contributed by atoms with Gasteiger partial charge in [-0.25, -0.2) is 4.98 Å².